The first-order valence-electron chi connectivity index (χ1n) is 7.57. The van der Waals surface area contributed by atoms with Gasteiger partial charge >= 0.3 is 11.9 Å². The SMILES string of the molecule is COC(=O)CC(=O)Oc1c(CC2CCCO2)sc2ccccc12. The van der Waals surface area contributed by atoms with Gasteiger partial charge in [0.25, 0.3) is 0 Å². The molecule has 0 spiro atoms. The Hall–Kier alpha value is -1.92. The Kier molecular flexibility index (Phi) is 4.93. The van der Waals surface area contributed by atoms with E-state index in [1.165, 1.54) is 7.11 Å². The van der Waals surface area contributed by atoms with Gasteiger partial charge in [-0.1, -0.05) is 12.1 Å². The Morgan fingerprint density at radius 1 is 1.30 bits per heavy atom. The molecule has 1 saturated heterocycles. The van der Waals surface area contributed by atoms with Crippen LogP contribution in [0.25, 0.3) is 10.1 Å². The van der Waals surface area contributed by atoms with Gasteiger partial charge in [0.15, 0.2) is 5.75 Å². The maximum absolute atomic E-state index is 12.0. The van der Waals surface area contributed by atoms with Crippen molar-refractivity contribution in [2.24, 2.45) is 0 Å². The van der Waals surface area contributed by atoms with Crippen molar-refractivity contribution in [3.8, 4) is 5.75 Å². The Morgan fingerprint density at radius 2 is 2.13 bits per heavy atom. The van der Waals surface area contributed by atoms with Crippen LogP contribution in [0.2, 0.25) is 0 Å². The second-order valence-corrected chi connectivity index (χ2v) is 6.55. The van der Waals surface area contributed by atoms with Crippen LogP contribution >= 0.6 is 11.3 Å². The minimum atomic E-state index is -0.603. The fraction of sp³-hybridized carbons (Fsp3) is 0.412. The van der Waals surface area contributed by atoms with E-state index in [1.54, 1.807) is 11.3 Å². The van der Waals surface area contributed by atoms with Crippen molar-refractivity contribution in [3.05, 3.63) is 29.1 Å². The Bertz CT molecular complexity index is 715. The molecular weight excluding hydrogens is 316 g/mol. The second kappa shape index (κ2) is 7.10. The van der Waals surface area contributed by atoms with Crippen molar-refractivity contribution in [3.63, 3.8) is 0 Å². The van der Waals surface area contributed by atoms with Crippen LogP contribution in [0.15, 0.2) is 24.3 Å². The first-order chi connectivity index (χ1) is 11.2. The molecule has 122 valence electrons. The van der Waals surface area contributed by atoms with Gasteiger partial charge in [-0.3, -0.25) is 9.59 Å². The zero-order valence-corrected chi connectivity index (χ0v) is 13.7. The maximum atomic E-state index is 12.0. The van der Waals surface area contributed by atoms with Gasteiger partial charge in [0.05, 0.1) is 18.1 Å². The highest BCUT2D eigenvalue weighted by molar-refractivity contribution is 7.19. The monoisotopic (exact) mass is 334 g/mol. The molecular formula is C17H18O5S. The topological polar surface area (TPSA) is 61.8 Å². The number of carbonyl (C=O) groups is 2. The highest BCUT2D eigenvalue weighted by Crippen LogP contribution is 2.39. The summed E-state index contributed by atoms with van der Waals surface area (Å²) in [5.41, 5.74) is 0. The average Bonchev–Trinajstić information content (AvgIpc) is 3.16. The number of fused-ring (bicyclic) bond motifs is 1. The molecule has 2 heterocycles. The number of methoxy groups -OCH3 is 1. The molecule has 0 N–H and O–H groups in total. The standard InChI is InChI=1S/C17H18O5S/c1-20-15(18)10-16(19)22-17-12-6-2-3-7-13(12)23-14(17)9-11-5-4-8-21-11/h2-3,6-7,11H,4-5,8-10H2,1H3. The fourth-order valence-electron chi connectivity index (χ4n) is 2.67. The molecule has 1 atom stereocenters. The molecule has 0 aliphatic carbocycles. The molecule has 23 heavy (non-hydrogen) atoms. The van der Waals surface area contributed by atoms with E-state index in [1.807, 2.05) is 24.3 Å². The van der Waals surface area contributed by atoms with Crippen LogP contribution in [-0.2, 0) is 25.5 Å². The lowest BCUT2D eigenvalue weighted by atomic mass is 10.1. The van der Waals surface area contributed by atoms with Crippen LogP contribution in [-0.4, -0.2) is 31.8 Å². The molecule has 1 fully saturated rings. The van der Waals surface area contributed by atoms with Crippen molar-refractivity contribution in [1.82, 2.24) is 0 Å². The molecule has 1 unspecified atom stereocenters. The quantitative estimate of drug-likeness (QED) is 0.621. The third-order valence-corrected chi connectivity index (χ3v) is 4.96. The van der Waals surface area contributed by atoms with Crippen molar-refractivity contribution in [2.75, 3.05) is 13.7 Å². The van der Waals surface area contributed by atoms with E-state index in [9.17, 15) is 9.59 Å². The number of carbonyl (C=O) groups excluding carboxylic acids is 2. The van der Waals surface area contributed by atoms with Gasteiger partial charge < -0.3 is 14.2 Å². The molecule has 6 heteroatoms. The number of benzene rings is 1. The Balaban J connectivity index is 1.86. The maximum Gasteiger partial charge on any atom is 0.322 e. The molecule has 2 aromatic rings. The highest BCUT2D eigenvalue weighted by atomic mass is 32.1. The van der Waals surface area contributed by atoms with Gasteiger partial charge in [-0.25, -0.2) is 0 Å². The average molecular weight is 334 g/mol. The summed E-state index contributed by atoms with van der Waals surface area (Å²) in [6.45, 7) is 0.785. The van der Waals surface area contributed by atoms with E-state index in [-0.39, 0.29) is 12.5 Å². The minimum Gasteiger partial charge on any atom is -0.469 e. The van der Waals surface area contributed by atoms with Gasteiger partial charge in [-0.05, 0) is 25.0 Å². The van der Waals surface area contributed by atoms with Crippen LogP contribution in [0, 0.1) is 0 Å². The lowest BCUT2D eigenvalue weighted by molar-refractivity contribution is -0.148. The first-order valence-corrected chi connectivity index (χ1v) is 8.38. The number of hydrogen-bond donors (Lipinski definition) is 0. The highest BCUT2D eigenvalue weighted by Gasteiger charge is 2.23. The molecule has 5 nitrogen and oxygen atoms in total. The van der Waals surface area contributed by atoms with Crippen molar-refractivity contribution in [1.29, 1.82) is 0 Å². The Morgan fingerprint density at radius 3 is 2.87 bits per heavy atom. The van der Waals surface area contributed by atoms with Crippen LogP contribution in [0.5, 0.6) is 5.75 Å². The second-order valence-electron chi connectivity index (χ2n) is 5.42. The summed E-state index contributed by atoms with van der Waals surface area (Å²) in [6.07, 6.45) is 2.58. The zero-order chi connectivity index (χ0) is 16.2. The van der Waals surface area contributed by atoms with Gasteiger partial charge in [0, 0.05) is 23.1 Å². The van der Waals surface area contributed by atoms with E-state index in [0.29, 0.717) is 5.75 Å². The lowest BCUT2D eigenvalue weighted by Gasteiger charge is -2.10. The number of thiophene rings is 1. The van der Waals surface area contributed by atoms with Crippen molar-refractivity contribution in [2.45, 2.75) is 31.8 Å². The molecule has 1 aromatic heterocycles. The van der Waals surface area contributed by atoms with Gasteiger partial charge in [0.1, 0.15) is 6.42 Å². The lowest BCUT2D eigenvalue weighted by Crippen LogP contribution is -2.16. The summed E-state index contributed by atoms with van der Waals surface area (Å²) in [6, 6.07) is 7.78. The molecule has 0 amide bonds. The number of rotatable bonds is 5. The van der Waals surface area contributed by atoms with E-state index >= 15 is 0 Å². The predicted molar refractivity (Wildman–Crippen MR) is 86.8 cm³/mol. The summed E-state index contributed by atoms with van der Waals surface area (Å²) < 4.78 is 16.7. The minimum absolute atomic E-state index is 0.168. The molecule has 0 bridgehead atoms. The van der Waals surface area contributed by atoms with Crippen molar-refractivity contribution >= 4 is 33.4 Å². The third-order valence-electron chi connectivity index (χ3n) is 3.79. The number of esters is 2. The molecule has 0 saturated carbocycles. The molecule has 1 aromatic carbocycles. The van der Waals surface area contributed by atoms with Crippen LogP contribution in [0.3, 0.4) is 0 Å². The van der Waals surface area contributed by atoms with Crippen LogP contribution in [0.4, 0.5) is 0 Å². The van der Waals surface area contributed by atoms with E-state index in [4.69, 9.17) is 9.47 Å². The number of hydrogen-bond acceptors (Lipinski definition) is 6. The summed E-state index contributed by atoms with van der Waals surface area (Å²) >= 11 is 1.60. The summed E-state index contributed by atoms with van der Waals surface area (Å²) in [7, 11) is 1.25. The first kappa shape index (κ1) is 16.0. The number of ether oxygens (including phenoxy) is 3. The molecule has 1 aliphatic rings. The largest absolute Gasteiger partial charge is 0.469 e. The predicted octanol–water partition coefficient (Wildman–Crippen LogP) is 3.09. The summed E-state index contributed by atoms with van der Waals surface area (Å²) in [5.74, 6) is -0.654. The Labute approximate surface area is 138 Å². The van der Waals surface area contributed by atoms with Crippen LogP contribution < -0.4 is 4.74 Å². The van der Waals surface area contributed by atoms with Gasteiger partial charge in [-0.2, -0.15) is 0 Å². The normalized spacial score (nSPS) is 17.3. The molecule has 0 radical (unpaired) electrons. The van der Waals surface area contributed by atoms with Gasteiger partial charge in [0.2, 0.25) is 0 Å². The fourth-order valence-corrected chi connectivity index (χ4v) is 3.87. The van der Waals surface area contributed by atoms with Crippen molar-refractivity contribution < 1.29 is 23.8 Å². The van der Waals surface area contributed by atoms with E-state index in [2.05, 4.69) is 4.74 Å². The van der Waals surface area contributed by atoms with E-state index < -0.39 is 11.9 Å². The van der Waals surface area contributed by atoms with Crippen LogP contribution in [0.1, 0.15) is 24.1 Å². The molecule has 3 rings (SSSR count). The van der Waals surface area contributed by atoms with E-state index in [0.717, 1.165) is 40.8 Å². The summed E-state index contributed by atoms with van der Waals surface area (Å²) in [4.78, 5) is 24.2. The summed E-state index contributed by atoms with van der Waals surface area (Å²) in [5, 5.41) is 0.892. The third kappa shape index (κ3) is 3.71. The zero-order valence-electron chi connectivity index (χ0n) is 12.9. The van der Waals surface area contributed by atoms with Gasteiger partial charge in [-0.15, -0.1) is 11.3 Å². The smallest absolute Gasteiger partial charge is 0.322 e. The molecule has 1 aliphatic heterocycles.